The molecule has 0 rings (SSSR count). The number of carboxylic acid groups (broad SMARTS) is 2. The van der Waals surface area contributed by atoms with Gasteiger partial charge in [-0.05, 0) is 12.3 Å². The fraction of sp³-hybridized carbons (Fsp3) is 0.864. The lowest BCUT2D eigenvalue weighted by Crippen LogP contribution is -2.43. The first-order valence-corrected chi connectivity index (χ1v) is 11.0. The molecule has 0 spiro atoms. The standard InChI is InChI=1S/C22H40O7/c1-18(2)14-12-10-8-6-4-3-5-7-9-11-13-15-29-20(25)17-22(28,21(26)27)16-19(23)24/h18,28H,3-17H2,1-2H3,(H,23,24)(H,26,27). The highest BCUT2D eigenvalue weighted by atomic mass is 16.5. The fourth-order valence-corrected chi connectivity index (χ4v) is 3.19. The molecule has 3 N–H and O–H groups in total. The first-order valence-electron chi connectivity index (χ1n) is 11.0. The molecule has 0 saturated heterocycles. The molecule has 0 aliphatic rings. The highest BCUT2D eigenvalue weighted by Crippen LogP contribution is 2.17. The Morgan fingerprint density at radius 1 is 0.759 bits per heavy atom. The van der Waals surface area contributed by atoms with Gasteiger partial charge in [0.25, 0.3) is 0 Å². The van der Waals surface area contributed by atoms with Crippen molar-refractivity contribution in [2.45, 2.75) is 109 Å². The van der Waals surface area contributed by atoms with Crippen molar-refractivity contribution in [3.63, 3.8) is 0 Å². The molecule has 29 heavy (non-hydrogen) atoms. The minimum absolute atomic E-state index is 0.151. The van der Waals surface area contributed by atoms with E-state index in [1.54, 1.807) is 0 Å². The van der Waals surface area contributed by atoms with E-state index in [1.165, 1.54) is 51.4 Å². The summed E-state index contributed by atoms with van der Waals surface area (Å²) in [6, 6.07) is 0. The van der Waals surface area contributed by atoms with Gasteiger partial charge in [0.1, 0.15) is 0 Å². The average Bonchev–Trinajstić information content (AvgIpc) is 2.60. The zero-order valence-corrected chi connectivity index (χ0v) is 18.2. The van der Waals surface area contributed by atoms with Crippen LogP contribution in [0.2, 0.25) is 0 Å². The van der Waals surface area contributed by atoms with Crippen molar-refractivity contribution in [1.29, 1.82) is 0 Å². The predicted octanol–water partition coefficient (Wildman–Crippen LogP) is 4.55. The van der Waals surface area contributed by atoms with Crippen LogP contribution in [0.5, 0.6) is 0 Å². The van der Waals surface area contributed by atoms with Gasteiger partial charge in [0.2, 0.25) is 0 Å². The summed E-state index contributed by atoms with van der Waals surface area (Å²) >= 11 is 0. The van der Waals surface area contributed by atoms with Crippen molar-refractivity contribution in [3.05, 3.63) is 0 Å². The minimum atomic E-state index is -2.63. The molecular weight excluding hydrogens is 376 g/mol. The van der Waals surface area contributed by atoms with Crippen LogP contribution in [0.1, 0.15) is 104 Å². The van der Waals surface area contributed by atoms with E-state index in [0.717, 1.165) is 25.2 Å². The number of ether oxygens (including phenoxy) is 1. The van der Waals surface area contributed by atoms with Crippen LogP contribution in [0, 0.1) is 5.92 Å². The molecule has 0 radical (unpaired) electrons. The second kappa shape index (κ2) is 16.2. The lowest BCUT2D eigenvalue weighted by Gasteiger charge is -2.20. The number of hydrogen-bond donors (Lipinski definition) is 3. The Morgan fingerprint density at radius 2 is 1.21 bits per heavy atom. The maximum Gasteiger partial charge on any atom is 0.336 e. The van der Waals surface area contributed by atoms with E-state index in [-0.39, 0.29) is 6.61 Å². The fourth-order valence-electron chi connectivity index (χ4n) is 3.19. The molecule has 0 amide bonds. The highest BCUT2D eigenvalue weighted by Gasteiger charge is 2.41. The van der Waals surface area contributed by atoms with Crippen molar-refractivity contribution >= 4 is 17.9 Å². The van der Waals surface area contributed by atoms with Crippen molar-refractivity contribution in [3.8, 4) is 0 Å². The second-order valence-corrected chi connectivity index (χ2v) is 8.38. The highest BCUT2D eigenvalue weighted by molar-refractivity contribution is 5.88. The Bertz CT molecular complexity index is 476. The molecule has 170 valence electrons. The van der Waals surface area contributed by atoms with Gasteiger partial charge in [-0.2, -0.15) is 0 Å². The Kier molecular flexibility index (Phi) is 15.3. The number of esters is 1. The van der Waals surface area contributed by atoms with Gasteiger partial charge in [-0.15, -0.1) is 0 Å². The van der Waals surface area contributed by atoms with Crippen molar-refractivity contribution in [2.75, 3.05) is 6.61 Å². The van der Waals surface area contributed by atoms with Gasteiger partial charge >= 0.3 is 17.9 Å². The van der Waals surface area contributed by atoms with Gasteiger partial charge in [-0.25, -0.2) is 4.79 Å². The van der Waals surface area contributed by atoms with Crippen LogP contribution in [0.25, 0.3) is 0 Å². The minimum Gasteiger partial charge on any atom is -0.481 e. The normalized spacial score (nSPS) is 13.2. The summed E-state index contributed by atoms with van der Waals surface area (Å²) in [5.41, 5.74) is -2.63. The third-order valence-corrected chi connectivity index (χ3v) is 4.97. The summed E-state index contributed by atoms with van der Waals surface area (Å²) in [5, 5.41) is 27.3. The molecule has 0 aliphatic heterocycles. The third-order valence-electron chi connectivity index (χ3n) is 4.97. The van der Waals surface area contributed by atoms with Gasteiger partial charge in [0.15, 0.2) is 5.60 Å². The summed E-state index contributed by atoms with van der Waals surface area (Å²) in [5.74, 6) is -3.32. The van der Waals surface area contributed by atoms with Crippen LogP contribution in [0.3, 0.4) is 0 Å². The molecule has 7 nitrogen and oxygen atoms in total. The molecule has 1 atom stereocenters. The van der Waals surface area contributed by atoms with Gasteiger partial charge < -0.3 is 20.1 Å². The molecule has 0 aromatic rings. The molecule has 0 saturated carbocycles. The van der Waals surface area contributed by atoms with Gasteiger partial charge in [-0.1, -0.05) is 84.5 Å². The first kappa shape index (κ1) is 27.4. The van der Waals surface area contributed by atoms with E-state index in [9.17, 15) is 19.5 Å². The van der Waals surface area contributed by atoms with Crippen LogP contribution in [-0.2, 0) is 19.1 Å². The van der Waals surface area contributed by atoms with E-state index in [2.05, 4.69) is 13.8 Å². The van der Waals surface area contributed by atoms with E-state index in [1.807, 2.05) is 0 Å². The lowest BCUT2D eigenvalue weighted by atomic mass is 9.96. The largest absolute Gasteiger partial charge is 0.481 e. The number of rotatable bonds is 19. The summed E-state index contributed by atoms with van der Waals surface area (Å²) in [4.78, 5) is 33.3. The van der Waals surface area contributed by atoms with E-state index in [0.29, 0.717) is 6.42 Å². The molecule has 0 aromatic carbocycles. The molecule has 1 unspecified atom stereocenters. The Hall–Kier alpha value is -1.63. The first-order chi connectivity index (χ1) is 13.7. The number of aliphatic carboxylic acids is 2. The Balaban J connectivity index is 3.57. The number of aliphatic hydroxyl groups is 1. The van der Waals surface area contributed by atoms with Crippen LogP contribution >= 0.6 is 0 Å². The molecule has 0 aliphatic carbocycles. The van der Waals surface area contributed by atoms with Crippen LogP contribution in [0.15, 0.2) is 0 Å². The van der Waals surface area contributed by atoms with Crippen LogP contribution in [-0.4, -0.2) is 45.4 Å². The molecule has 0 fully saturated rings. The monoisotopic (exact) mass is 416 g/mol. The number of unbranched alkanes of at least 4 members (excludes halogenated alkanes) is 10. The SMILES string of the molecule is CC(C)CCCCCCCCCCCCCOC(=O)CC(O)(CC(=O)O)C(=O)O. The van der Waals surface area contributed by atoms with Gasteiger partial charge in [0.05, 0.1) is 19.4 Å². The van der Waals surface area contributed by atoms with E-state index >= 15 is 0 Å². The second-order valence-electron chi connectivity index (χ2n) is 8.38. The zero-order valence-electron chi connectivity index (χ0n) is 18.2. The predicted molar refractivity (Wildman–Crippen MR) is 111 cm³/mol. The Morgan fingerprint density at radius 3 is 1.62 bits per heavy atom. The maximum absolute atomic E-state index is 11.6. The summed E-state index contributed by atoms with van der Waals surface area (Å²) in [7, 11) is 0. The van der Waals surface area contributed by atoms with Gasteiger partial charge in [0, 0.05) is 0 Å². The van der Waals surface area contributed by atoms with Crippen LogP contribution in [0.4, 0.5) is 0 Å². The van der Waals surface area contributed by atoms with Crippen molar-refractivity contribution in [1.82, 2.24) is 0 Å². The molecule has 0 aromatic heterocycles. The van der Waals surface area contributed by atoms with Gasteiger partial charge in [-0.3, -0.25) is 9.59 Å². The maximum atomic E-state index is 11.6. The lowest BCUT2D eigenvalue weighted by molar-refractivity contribution is -0.172. The molecule has 7 heteroatoms. The summed E-state index contributed by atoms with van der Waals surface area (Å²) < 4.78 is 4.92. The van der Waals surface area contributed by atoms with Crippen molar-refractivity contribution in [2.24, 2.45) is 5.92 Å². The molecular formula is C22H40O7. The Labute approximate surface area is 174 Å². The molecule has 0 heterocycles. The number of carbonyl (C=O) groups excluding carboxylic acids is 1. The topological polar surface area (TPSA) is 121 Å². The smallest absolute Gasteiger partial charge is 0.336 e. The summed E-state index contributed by atoms with van der Waals surface area (Å²) in [6.07, 6.45) is 12.3. The van der Waals surface area contributed by atoms with Crippen molar-refractivity contribution < 1.29 is 34.4 Å². The van der Waals surface area contributed by atoms with E-state index in [4.69, 9.17) is 14.9 Å². The van der Waals surface area contributed by atoms with E-state index < -0.39 is 36.4 Å². The number of carboxylic acids is 2. The molecule has 0 bridgehead atoms. The van der Waals surface area contributed by atoms with Crippen LogP contribution < -0.4 is 0 Å². The third kappa shape index (κ3) is 15.9. The number of hydrogen-bond acceptors (Lipinski definition) is 5. The quantitative estimate of drug-likeness (QED) is 0.209. The zero-order chi connectivity index (χ0) is 22.1. The number of carbonyl (C=O) groups is 3. The average molecular weight is 417 g/mol. The summed E-state index contributed by atoms with van der Waals surface area (Å²) in [6.45, 7) is 4.69.